The summed E-state index contributed by atoms with van der Waals surface area (Å²) >= 11 is 1.46. The number of ether oxygens (including phenoxy) is 1. The van der Waals surface area contributed by atoms with E-state index in [9.17, 15) is 24.8 Å². The number of nitrogens with zero attached hydrogens (tertiary/aromatic N) is 3. The van der Waals surface area contributed by atoms with Crippen LogP contribution in [0.15, 0.2) is 12.3 Å². The van der Waals surface area contributed by atoms with E-state index in [1.54, 1.807) is 6.20 Å². The first-order valence-electron chi connectivity index (χ1n) is 15.2. The molecule has 3 fully saturated rings. The van der Waals surface area contributed by atoms with Crippen LogP contribution in [-0.4, -0.2) is 57.9 Å². The number of morpholine rings is 1. The van der Waals surface area contributed by atoms with Crippen LogP contribution in [0, 0.1) is 40.2 Å². The van der Waals surface area contributed by atoms with Gasteiger partial charge in [-0.2, -0.15) is 0 Å². The summed E-state index contributed by atoms with van der Waals surface area (Å²) in [5.74, 6) is 0.839. The van der Waals surface area contributed by atoms with Gasteiger partial charge in [-0.05, 0) is 80.8 Å². The van der Waals surface area contributed by atoms with Crippen molar-refractivity contribution in [1.82, 2.24) is 9.88 Å². The van der Waals surface area contributed by atoms with Crippen molar-refractivity contribution in [3.8, 4) is 5.75 Å². The monoisotopic (exact) mass is 596 g/mol. The number of thiazole rings is 1. The molecule has 42 heavy (non-hydrogen) atoms. The number of nitro groups is 1. The van der Waals surface area contributed by atoms with Crippen LogP contribution in [0.1, 0.15) is 79.4 Å². The number of phenols is 1. The van der Waals surface area contributed by atoms with Gasteiger partial charge in [0.1, 0.15) is 5.78 Å². The molecular formula is C31H40N4O6S. The molecule has 6 rings (SSSR count). The Kier molecular flexibility index (Phi) is 8.10. The lowest BCUT2D eigenvalue weighted by molar-refractivity contribution is -0.386. The highest BCUT2D eigenvalue weighted by Crippen LogP contribution is 2.63. The van der Waals surface area contributed by atoms with Gasteiger partial charge in [-0.3, -0.25) is 24.6 Å². The topological polar surface area (TPSA) is 135 Å². The summed E-state index contributed by atoms with van der Waals surface area (Å²) in [6.45, 7) is 7.21. The number of hydrogen-bond donors (Lipinski definition) is 2. The van der Waals surface area contributed by atoms with Crippen molar-refractivity contribution in [2.75, 3.05) is 31.6 Å². The average molecular weight is 597 g/mol. The Labute approximate surface area is 250 Å². The number of aromatic nitrogens is 1. The first kappa shape index (κ1) is 29.2. The number of hydrogen-bond acceptors (Lipinski definition) is 9. The molecule has 3 aliphatic carbocycles. The molecule has 0 spiro atoms. The van der Waals surface area contributed by atoms with Crippen molar-refractivity contribution < 1.29 is 24.4 Å². The number of benzene rings is 1. The van der Waals surface area contributed by atoms with Crippen LogP contribution in [0.3, 0.4) is 0 Å². The second-order valence-electron chi connectivity index (χ2n) is 12.8. The molecule has 1 saturated heterocycles. The largest absolute Gasteiger partial charge is 0.502 e. The van der Waals surface area contributed by atoms with Gasteiger partial charge in [0.05, 0.1) is 18.1 Å². The van der Waals surface area contributed by atoms with Crippen LogP contribution in [0.5, 0.6) is 5.75 Å². The minimum absolute atomic E-state index is 0.0514. The molecule has 1 aromatic heterocycles. The van der Waals surface area contributed by atoms with Crippen LogP contribution >= 0.6 is 11.3 Å². The Morgan fingerprint density at radius 2 is 2.12 bits per heavy atom. The summed E-state index contributed by atoms with van der Waals surface area (Å²) in [5, 5.41) is 26.8. The van der Waals surface area contributed by atoms with Gasteiger partial charge in [0.2, 0.25) is 5.91 Å². The molecule has 1 amide bonds. The lowest BCUT2D eigenvalue weighted by atomic mass is 9.53. The highest BCUT2D eigenvalue weighted by molar-refractivity contribution is 7.15. The number of fused-ring (bicyclic) bond motifs is 5. The van der Waals surface area contributed by atoms with E-state index in [2.05, 4.69) is 22.1 Å². The van der Waals surface area contributed by atoms with Crippen LogP contribution < -0.4 is 5.32 Å². The Balaban J connectivity index is 1.23. The number of aryl methyl sites for hydroxylation is 1. The van der Waals surface area contributed by atoms with Gasteiger partial charge in [-0.15, -0.1) is 11.3 Å². The Morgan fingerprint density at radius 3 is 2.83 bits per heavy atom. The van der Waals surface area contributed by atoms with E-state index >= 15 is 0 Å². The summed E-state index contributed by atoms with van der Waals surface area (Å²) in [7, 11) is 0. The van der Waals surface area contributed by atoms with E-state index in [0.717, 1.165) is 49.2 Å². The molecule has 11 heteroatoms. The first-order valence-corrected chi connectivity index (χ1v) is 16.0. The number of nitro benzene ring substituents is 1. The maximum Gasteiger partial charge on any atom is 0.314 e. The van der Waals surface area contributed by atoms with Crippen molar-refractivity contribution in [2.24, 2.45) is 23.2 Å². The van der Waals surface area contributed by atoms with Crippen molar-refractivity contribution in [2.45, 2.75) is 77.7 Å². The van der Waals surface area contributed by atoms with E-state index in [1.807, 2.05) is 13.0 Å². The highest BCUT2D eigenvalue weighted by Gasteiger charge is 2.58. The summed E-state index contributed by atoms with van der Waals surface area (Å²) in [6, 6.07) is 2.03. The fourth-order valence-electron chi connectivity index (χ4n) is 8.52. The van der Waals surface area contributed by atoms with Gasteiger partial charge in [-0.1, -0.05) is 6.92 Å². The number of phenolic OH excluding ortho intramolecular Hbond substituents is 1. The number of nitrogens with one attached hydrogen (secondary N) is 1. The van der Waals surface area contributed by atoms with Crippen molar-refractivity contribution in [3.05, 3.63) is 43.9 Å². The molecule has 5 atom stereocenters. The molecule has 226 valence electrons. The molecule has 1 aliphatic heterocycles. The minimum atomic E-state index is -0.412. The van der Waals surface area contributed by atoms with Gasteiger partial charge < -0.3 is 15.2 Å². The number of carbonyl (C=O) groups excluding carboxylic acids is 2. The molecule has 2 heterocycles. The number of Topliss-reactive ketones (excluding diaryl/α,β-unsaturated/α-hetero) is 1. The Morgan fingerprint density at radius 1 is 1.33 bits per heavy atom. The number of amides is 1. The maximum atomic E-state index is 13.4. The fraction of sp³-hybridized carbons (Fsp3) is 0.645. The normalized spacial score (nSPS) is 29.0. The molecule has 2 N–H and O–H groups in total. The van der Waals surface area contributed by atoms with E-state index in [-0.39, 0.29) is 46.4 Å². The van der Waals surface area contributed by atoms with Crippen LogP contribution in [0.4, 0.5) is 10.8 Å². The zero-order valence-corrected chi connectivity index (χ0v) is 25.2. The average Bonchev–Trinajstić information content (AvgIpc) is 3.48. The van der Waals surface area contributed by atoms with Crippen LogP contribution in [0.2, 0.25) is 0 Å². The number of aromatic hydroxyl groups is 1. The number of anilines is 1. The van der Waals surface area contributed by atoms with Crippen LogP contribution in [0.25, 0.3) is 0 Å². The summed E-state index contributed by atoms with van der Waals surface area (Å²) in [5.41, 5.74) is 1.75. The number of rotatable bonds is 8. The molecule has 0 bridgehead atoms. The fourth-order valence-corrected chi connectivity index (χ4v) is 9.20. The van der Waals surface area contributed by atoms with E-state index in [1.165, 1.54) is 11.3 Å². The third-order valence-corrected chi connectivity index (χ3v) is 11.3. The predicted octanol–water partition coefficient (Wildman–Crippen LogP) is 5.36. The quantitative estimate of drug-likeness (QED) is 0.307. The van der Waals surface area contributed by atoms with Crippen LogP contribution in [-0.2, 0) is 27.3 Å². The molecule has 1 aromatic carbocycles. The number of carbonyl (C=O) groups is 2. The first-order chi connectivity index (χ1) is 20.2. The molecule has 0 radical (unpaired) electrons. The van der Waals surface area contributed by atoms with E-state index < -0.39 is 4.92 Å². The number of ketones is 1. The lowest BCUT2D eigenvalue weighted by Crippen LogP contribution is -2.44. The SMILES string of the molecule is Cc1cnc(NC(=O)CCC[C@@H]2CC(=O)[C@@]3(C)CCC4c5cc(CN6CCOCC6)c(O)c([N+](=O)[O-])c5CCC4C23)s1. The maximum absolute atomic E-state index is 13.4. The third-order valence-electron chi connectivity index (χ3n) is 10.4. The van der Waals surface area contributed by atoms with E-state index in [4.69, 9.17) is 4.74 Å². The van der Waals surface area contributed by atoms with Gasteiger partial charge >= 0.3 is 5.69 Å². The zero-order valence-electron chi connectivity index (χ0n) is 24.4. The third kappa shape index (κ3) is 5.35. The molecule has 2 saturated carbocycles. The van der Waals surface area contributed by atoms with Crippen molar-refractivity contribution in [1.29, 1.82) is 0 Å². The van der Waals surface area contributed by atoms with Gasteiger partial charge in [0.15, 0.2) is 10.9 Å². The molecule has 10 nitrogen and oxygen atoms in total. The molecule has 4 aliphatic rings. The predicted molar refractivity (Wildman–Crippen MR) is 159 cm³/mol. The minimum Gasteiger partial charge on any atom is -0.502 e. The molecule has 3 unspecified atom stereocenters. The van der Waals surface area contributed by atoms with Gasteiger partial charge in [0.25, 0.3) is 0 Å². The summed E-state index contributed by atoms with van der Waals surface area (Å²) < 4.78 is 5.46. The zero-order chi connectivity index (χ0) is 29.6. The van der Waals surface area contributed by atoms with Gasteiger partial charge in [-0.25, -0.2) is 4.98 Å². The second-order valence-corrected chi connectivity index (χ2v) is 14.1. The summed E-state index contributed by atoms with van der Waals surface area (Å²) in [4.78, 5) is 45.3. The highest BCUT2D eigenvalue weighted by atomic mass is 32.1. The van der Waals surface area contributed by atoms with Gasteiger partial charge in [0, 0.05) is 60.1 Å². The summed E-state index contributed by atoms with van der Waals surface area (Å²) in [6.07, 6.45) is 7.08. The Hall–Kier alpha value is -2.89. The van der Waals surface area contributed by atoms with Crippen molar-refractivity contribution in [3.63, 3.8) is 0 Å². The molecular weight excluding hydrogens is 556 g/mol. The second kappa shape index (κ2) is 11.7. The smallest absolute Gasteiger partial charge is 0.314 e. The molecule has 2 aromatic rings. The lowest BCUT2D eigenvalue weighted by Gasteiger charge is -2.50. The Bertz CT molecular complexity index is 1390. The van der Waals surface area contributed by atoms with Crippen molar-refractivity contribution >= 4 is 33.8 Å². The van der Waals surface area contributed by atoms with E-state index in [0.29, 0.717) is 67.5 Å². The standard InChI is InChI=1S/C31H40N4O6S/c1-18-16-32-30(42-18)33-26(37)5-3-4-19-15-25(36)31(2)9-8-21-22(27(19)31)6-7-23-24(21)14-20(29(38)28(23)35(39)40)17-34-10-12-41-13-11-34/h14,16,19,21-22,27,38H,3-13,15,17H2,1-2H3,(H,32,33,37)/t19-,21?,22?,27?,31-/m1/s1.